The van der Waals surface area contributed by atoms with Gasteiger partial charge in [-0.05, 0) is 41.1 Å². The van der Waals surface area contributed by atoms with Gasteiger partial charge in [0.2, 0.25) is 0 Å². The van der Waals surface area contributed by atoms with E-state index in [0.717, 1.165) is 4.48 Å². The average molecular weight is 398 g/mol. The lowest BCUT2D eigenvalue weighted by atomic mass is 10.4. The summed E-state index contributed by atoms with van der Waals surface area (Å²) in [5.74, 6) is 0. The molecule has 0 amide bonds. The van der Waals surface area contributed by atoms with E-state index < -0.39 is 0 Å². The molecule has 20 heavy (non-hydrogen) atoms. The van der Waals surface area contributed by atoms with Gasteiger partial charge in [0, 0.05) is 6.16 Å². The summed E-state index contributed by atoms with van der Waals surface area (Å²) in [5, 5.41) is 2.95. The Morgan fingerprint density at radius 2 is 1.25 bits per heavy atom. The minimum atomic E-state index is -0.278. The van der Waals surface area contributed by atoms with Gasteiger partial charge >= 0.3 is 0 Å². The fourth-order valence-corrected chi connectivity index (χ4v) is 5.73. The Labute approximate surface area is 137 Å². The van der Waals surface area contributed by atoms with Gasteiger partial charge in [0.15, 0.2) is 0 Å². The molecule has 0 aliphatic heterocycles. The van der Waals surface area contributed by atoms with Crippen LogP contribution in [0.3, 0.4) is 0 Å². The lowest BCUT2D eigenvalue weighted by Gasteiger charge is -2.33. The molecule has 106 valence electrons. The second kappa shape index (κ2) is 7.02. The predicted octanol–water partition coefficient (Wildman–Crippen LogP) is 3.59. The van der Waals surface area contributed by atoms with Crippen LogP contribution in [-0.2, 0) is 0 Å². The van der Waals surface area contributed by atoms with Crippen molar-refractivity contribution in [1.82, 2.24) is 0 Å². The SMILES string of the molecule is C[N+](C)(C)C(I)CP(c1ccccc1)c1ccccc1. The summed E-state index contributed by atoms with van der Waals surface area (Å²) in [6.07, 6.45) is 1.22. The molecule has 0 aliphatic rings. The van der Waals surface area contributed by atoms with Crippen LogP contribution in [0.15, 0.2) is 60.7 Å². The lowest BCUT2D eigenvalue weighted by molar-refractivity contribution is -0.873. The number of quaternary nitrogens is 1. The molecule has 1 nitrogen and oxygen atoms in total. The Bertz CT molecular complexity index is 482. The number of halogens is 1. The third-order valence-corrected chi connectivity index (χ3v) is 8.67. The molecule has 0 saturated heterocycles. The number of rotatable bonds is 5. The van der Waals surface area contributed by atoms with Crippen molar-refractivity contribution in [2.75, 3.05) is 27.3 Å². The molecule has 0 radical (unpaired) electrons. The Balaban J connectivity index is 2.31. The second-order valence-electron chi connectivity index (χ2n) is 5.83. The zero-order valence-corrected chi connectivity index (χ0v) is 15.4. The molecule has 2 aromatic rings. The molecular weight excluding hydrogens is 376 g/mol. The smallest absolute Gasteiger partial charge is 0.143 e. The first-order chi connectivity index (χ1) is 9.48. The molecule has 2 rings (SSSR count). The van der Waals surface area contributed by atoms with Gasteiger partial charge in [-0.15, -0.1) is 0 Å². The standard InChI is InChI=1S/C17H22INP/c1-19(2,3)17(18)14-20(15-10-6-4-7-11-15)16-12-8-5-9-13-16/h4-13,17H,14H2,1-3H3/q+1. The van der Waals surface area contributed by atoms with Gasteiger partial charge in [-0.3, -0.25) is 0 Å². The summed E-state index contributed by atoms with van der Waals surface area (Å²) in [5.41, 5.74) is 0. The van der Waals surface area contributed by atoms with Crippen molar-refractivity contribution in [2.45, 2.75) is 4.05 Å². The van der Waals surface area contributed by atoms with Crippen LogP contribution in [-0.4, -0.2) is 35.8 Å². The van der Waals surface area contributed by atoms with Crippen LogP contribution in [0.25, 0.3) is 0 Å². The van der Waals surface area contributed by atoms with Crippen molar-refractivity contribution in [2.24, 2.45) is 0 Å². The van der Waals surface area contributed by atoms with E-state index in [1.54, 1.807) is 0 Å². The monoisotopic (exact) mass is 398 g/mol. The molecule has 0 aromatic heterocycles. The summed E-state index contributed by atoms with van der Waals surface area (Å²) < 4.78 is 1.61. The van der Waals surface area contributed by atoms with E-state index in [-0.39, 0.29) is 7.92 Å². The van der Waals surface area contributed by atoms with E-state index >= 15 is 0 Å². The fourth-order valence-electron chi connectivity index (χ4n) is 1.97. The van der Waals surface area contributed by atoms with Crippen molar-refractivity contribution in [3.8, 4) is 0 Å². The van der Waals surface area contributed by atoms with E-state index in [4.69, 9.17) is 0 Å². The first-order valence-electron chi connectivity index (χ1n) is 6.81. The van der Waals surface area contributed by atoms with Crippen LogP contribution in [0.5, 0.6) is 0 Å². The summed E-state index contributed by atoms with van der Waals surface area (Å²) >= 11 is 2.61. The predicted molar refractivity (Wildman–Crippen MR) is 99.8 cm³/mol. The van der Waals surface area contributed by atoms with Gasteiger partial charge in [0.05, 0.1) is 21.1 Å². The highest BCUT2D eigenvalue weighted by atomic mass is 127. The molecule has 1 atom stereocenters. The molecule has 0 fully saturated rings. The molecule has 0 heterocycles. The van der Waals surface area contributed by atoms with Crippen LogP contribution in [0, 0.1) is 0 Å². The van der Waals surface area contributed by atoms with Crippen LogP contribution in [0.1, 0.15) is 0 Å². The van der Waals surface area contributed by atoms with E-state index in [2.05, 4.69) is 104 Å². The largest absolute Gasteiger partial charge is 0.320 e. The van der Waals surface area contributed by atoms with E-state index in [1.807, 2.05) is 0 Å². The number of benzene rings is 2. The maximum atomic E-state index is 2.61. The first kappa shape index (κ1) is 15.9. The van der Waals surface area contributed by atoms with Crippen molar-refractivity contribution in [1.29, 1.82) is 0 Å². The summed E-state index contributed by atoms with van der Waals surface area (Å²) in [7, 11) is 6.56. The molecular formula is C17H22INP+. The Kier molecular flexibility index (Phi) is 5.59. The van der Waals surface area contributed by atoms with Gasteiger partial charge in [-0.2, -0.15) is 0 Å². The normalized spacial score (nSPS) is 13.4. The van der Waals surface area contributed by atoms with E-state index in [1.165, 1.54) is 16.8 Å². The van der Waals surface area contributed by atoms with Crippen LogP contribution in [0.2, 0.25) is 0 Å². The minimum Gasteiger partial charge on any atom is -0.320 e. The molecule has 2 aromatic carbocycles. The third-order valence-electron chi connectivity index (χ3n) is 3.31. The molecule has 0 saturated carbocycles. The molecule has 0 bridgehead atoms. The molecule has 0 aliphatic carbocycles. The van der Waals surface area contributed by atoms with Crippen LogP contribution < -0.4 is 10.6 Å². The Morgan fingerprint density at radius 1 is 0.850 bits per heavy atom. The lowest BCUT2D eigenvalue weighted by Crippen LogP contribution is -2.43. The maximum absolute atomic E-state index is 2.61. The Hall–Kier alpha value is -0.440. The topological polar surface area (TPSA) is 0 Å². The van der Waals surface area contributed by atoms with Gasteiger partial charge in [0.1, 0.15) is 4.05 Å². The highest BCUT2D eigenvalue weighted by Gasteiger charge is 2.26. The third kappa shape index (κ3) is 4.28. The Morgan fingerprint density at radius 3 is 1.60 bits per heavy atom. The van der Waals surface area contributed by atoms with Crippen molar-refractivity contribution in [3.63, 3.8) is 0 Å². The van der Waals surface area contributed by atoms with E-state index in [0.29, 0.717) is 4.05 Å². The zero-order valence-electron chi connectivity index (χ0n) is 12.3. The van der Waals surface area contributed by atoms with Gasteiger partial charge < -0.3 is 4.48 Å². The summed E-state index contributed by atoms with van der Waals surface area (Å²) in [4.78, 5) is 0. The van der Waals surface area contributed by atoms with Crippen LogP contribution in [0.4, 0.5) is 0 Å². The van der Waals surface area contributed by atoms with Crippen molar-refractivity contribution >= 4 is 41.1 Å². The number of nitrogens with zero attached hydrogens (tertiary/aromatic N) is 1. The number of hydrogen-bond donors (Lipinski definition) is 0. The molecule has 1 unspecified atom stereocenters. The highest BCUT2D eigenvalue weighted by Crippen LogP contribution is 2.37. The number of alkyl halides is 1. The quantitative estimate of drug-likeness (QED) is 0.238. The average Bonchev–Trinajstić information content (AvgIpc) is 2.45. The zero-order chi connectivity index (χ0) is 14.6. The minimum absolute atomic E-state index is 0.278. The maximum Gasteiger partial charge on any atom is 0.143 e. The summed E-state index contributed by atoms with van der Waals surface area (Å²) in [6, 6.07) is 21.9. The van der Waals surface area contributed by atoms with Gasteiger partial charge in [-0.25, -0.2) is 0 Å². The van der Waals surface area contributed by atoms with Crippen molar-refractivity contribution in [3.05, 3.63) is 60.7 Å². The van der Waals surface area contributed by atoms with Gasteiger partial charge in [0.25, 0.3) is 0 Å². The number of hydrogen-bond acceptors (Lipinski definition) is 0. The van der Waals surface area contributed by atoms with Gasteiger partial charge in [-0.1, -0.05) is 60.7 Å². The first-order valence-corrected chi connectivity index (χ1v) is 9.58. The van der Waals surface area contributed by atoms with Crippen molar-refractivity contribution < 1.29 is 4.48 Å². The summed E-state index contributed by atoms with van der Waals surface area (Å²) in [6.45, 7) is 0. The highest BCUT2D eigenvalue weighted by molar-refractivity contribution is 14.1. The fraction of sp³-hybridized carbons (Fsp3) is 0.294. The molecule has 0 spiro atoms. The molecule has 3 heteroatoms. The molecule has 0 N–H and O–H groups in total. The second-order valence-corrected chi connectivity index (χ2v) is 9.52. The van der Waals surface area contributed by atoms with E-state index in [9.17, 15) is 0 Å². The van der Waals surface area contributed by atoms with Crippen LogP contribution >= 0.6 is 30.5 Å².